The number of rotatable bonds is 5. The van der Waals surface area contributed by atoms with Crippen molar-refractivity contribution in [3.8, 4) is 34.1 Å². The first-order chi connectivity index (χ1) is 20.8. The van der Waals surface area contributed by atoms with Crippen LogP contribution in [0.5, 0.6) is 11.5 Å². The van der Waals surface area contributed by atoms with Crippen LogP contribution in [0.25, 0.3) is 44.4 Å². The average molecular weight is 747 g/mol. The van der Waals surface area contributed by atoms with E-state index in [9.17, 15) is 0 Å². The number of hydrogen-bond acceptors (Lipinski definition) is 5. The van der Waals surface area contributed by atoms with E-state index in [0.717, 1.165) is 48.6 Å². The molecule has 8 nitrogen and oxygen atoms in total. The Kier molecular flexibility index (Phi) is 6.66. The summed E-state index contributed by atoms with van der Waals surface area (Å²) in [5.41, 5.74) is 6.43. The third-order valence-corrected chi connectivity index (χ3v) is 8.78. The molecule has 0 amide bonds. The van der Waals surface area contributed by atoms with Gasteiger partial charge < -0.3 is 0 Å². The zero-order valence-electron chi connectivity index (χ0n) is 24.2. The van der Waals surface area contributed by atoms with E-state index in [1.54, 1.807) is 21.8 Å². The summed E-state index contributed by atoms with van der Waals surface area (Å²) in [6, 6.07) is 29.0. The molecule has 0 aliphatic rings. The van der Waals surface area contributed by atoms with Gasteiger partial charge in [0.05, 0.1) is 0 Å². The Hall–Kier alpha value is -4.68. The molecule has 0 bridgehead atoms. The first-order valence-corrected chi connectivity index (χ1v) is 15.1. The number of pyridine rings is 2. The van der Waals surface area contributed by atoms with Gasteiger partial charge in [0.2, 0.25) is 0 Å². The number of tetrazole rings is 1. The number of benzene rings is 3. The quantitative estimate of drug-likeness (QED) is 0.185. The number of aryl methyl sites for hydroxylation is 1. The molecule has 0 aliphatic carbocycles. The van der Waals surface area contributed by atoms with Crippen LogP contribution in [0.3, 0.4) is 0 Å². The van der Waals surface area contributed by atoms with Gasteiger partial charge in [-0.05, 0) is 34.7 Å². The minimum absolute atomic E-state index is 0.0279. The molecular weight excluding hydrogens is 718 g/mol. The number of ether oxygens (including phenoxy) is 1. The van der Waals surface area contributed by atoms with Crippen molar-refractivity contribution < 1.29 is 24.1 Å². The second-order valence-electron chi connectivity index (χ2n) is 11.5. The van der Waals surface area contributed by atoms with Crippen molar-refractivity contribution in [1.29, 1.82) is 0 Å². The van der Waals surface area contributed by atoms with Crippen LogP contribution >= 0.6 is 0 Å². The van der Waals surface area contributed by atoms with Crippen LogP contribution < -0.4 is 4.74 Å². The first kappa shape index (κ1) is 27.2. The molecule has 0 aliphatic heterocycles. The summed E-state index contributed by atoms with van der Waals surface area (Å²) in [6.45, 7) is 6.73. The Bertz CT molecular complexity index is 2170. The van der Waals surface area contributed by atoms with Crippen molar-refractivity contribution in [3.63, 3.8) is 0 Å². The summed E-state index contributed by atoms with van der Waals surface area (Å²) >= 11 is 2.21. The van der Waals surface area contributed by atoms with Crippen LogP contribution in [0, 0.1) is 3.80 Å². The van der Waals surface area contributed by atoms with Crippen molar-refractivity contribution in [2.24, 2.45) is 7.05 Å². The fourth-order valence-corrected chi connectivity index (χ4v) is 5.78. The van der Waals surface area contributed by atoms with Gasteiger partial charge in [0.1, 0.15) is 0 Å². The molecule has 3 aromatic carbocycles. The fourth-order valence-electron chi connectivity index (χ4n) is 5.28. The van der Waals surface area contributed by atoms with Crippen molar-refractivity contribution in [3.05, 3.63) is 113 Å². The third kappa shape index (κ3) is 5.02. The second-order valence-corrected chi connectivity index (χ2v) is 12.5. The van der Waals surface area contributed by atoms with E-state index in [1.807, 2.05) is 55.7 Å². The second kappa shape index (κ2) is 10.5. The van der Waals surface area contributed by atoms with Crippen LogP contribution in [0.15, 0.2) is 104 Å². The molecule has 4 heterocycles. The molecule has 7 rings (SSSR count). The van der Waals surface area contributed by atoms with E-state index in [4.69, 9.17) is 9.72 Å². The SMILES string of the molecule is Cn1nnn(-c2cccc(Oc3ccc4c5cc(C(C)(C)C)ccc5n(-c5ccc(-c6ccncc6)cn5)c4c3)c2)[c]1=[Pt]. The molecule has 0 atom stereocenters. The summed E-state index contributed by atoms with van der Waals surface area (Å²) < 4.78 is 13.0. The van der Waals surface area contributed by atoms with Crippen molar-refractivity contribution >= 4 is 21.8 Å². The van der Waals surface area contributed by atoms with Crippen molar-refractivity contribution in [2.75, 3.05) is 0 Å². The molecule has 43 heavy (non-hydrogen) atoms. The van der Waals surface area contributed by atoms with Gasteiger partial charge in [0.25, 0.3) is 0 Å². The first-order valence-electron chi connectivity index (χ1n) is 13.9. The van der Waals surface area contributed by atoms with Crippen LogP contribution in [0.1, 0.15) is 26.3 Å². The molecule has 216 valence electrons. The van der Waals surface area contributed by atoms with Crippen LogP contribution in [0.4, 0.5) is 0 Å². The van der Waals surface area contributed by atoms with E-state index < -0.39 is 0 Å². The number of fused-ring (bicyclic) bond motifs is 3. The zero-order valence-corrected chi connectivity index (χ0v) is 26.4. The molecular formula is C34H29N7OPt. The minimum atomic E-state index is 0.0279. The molecule has 7 aromatic rings. The molecule has 0 spiro atoms. The van der Waals surface area contributed by atoms with Gasteiger partial charge in [-0.15, -0.1) is 0 Å². The molecule has 0 unspecified atom stereocenters. The van der Waals surface area contributed by atoms with Gasteiger partial charge in [0, 0.05) is 24.2 Å². The van der Waals surface area contributed by atoms with Gasteiger partial charge in [-0.25, -0.2) is 0 Å². The van der Waals surface area contributed by atoms with Crippen molar-refractivity contribution in [1.82, 2.24) is 34.3 Å². The average Bonchev–Trinajstić information content (AvgIpc) is 3.52. The van der Waals surface area contributed by atoms with Gasteiger partial charge in [-0.2, -0.15) is 0 Å². The topological polar surface area (TPSA) is 75.6 Å². The summed E-state index contributed by atoms with van der Waals surface area (Å²) in [4.78, 5) is 9.06. The van der Waals surface area contributed by atoms with Crippen molar-refractivity contribution in [2.45, 2.75) is 26.2 Å². The predicted molar refractivity (Wildman–Crippen MR) is 164 cm³/mol. The van der Waals surface area contributed by atoms with Gasteiger partial charge in [-0.1, -0.05) is 26.8 Å². The molecule has 0 N–H and O–H groups in total. The maximum absolute atomic E-state index is 6.43. The van der Waals surface area contributed by atoms with Gasteiger partial charge in [-0.3, -0.25) is 4.98 Å². The Morgan fingerprint density at radius 3 is 2.28 bits per heavy atom. The zero-order chi connectivity index (χ0) is 29.7. The third-order valence-electron chi connectivity index (χ3n) is 7.56. The van der Waals surface area contributed by atoms with E-state index in [1.165, 1.54) is 10.9 Å². The fraction of sp³-hybridized carbons (Fsp3) is 0.147. The summed E-state index contributed by atoms with van der Waals surface area (Å²) in [5, 5.41) is 10.7. The Balaban J connectivity index is 1.35. The normalized spacial score (nSPS) is 11.9. The molecule has 0 saturated heterocycles. The standard InChI is InChI=1S/C34H29N7O.Pt/c1-34(2,3)25-9-12-31-30(18-25)29-11-10-28(42-27-7-5-6-26(19-27)40-22-39(4)37-38-40)20-32(29)41(31)33-13-8-24(21-36-33)23-14-16-35-17-15-23;/h5-21H,1-4H3;. The summed E-state index contributed by atoms with van der Waals surface area (Å²) in [5.74, 6) is 2.29. The Morgan fingerprint density at radius 2 is 1.56 bits per heavy atom. The molecule has 0 fully saturated rings. The van der Waals surface area contributed by atoms with Crippen LogP contribution in [-0.4, -0.2) is 34.3 Å². The van der Waals surface area contributed by atoms with Gasteiger partial charge in [0.15, 0.2) is 0 Å². The molecule has 9 heteroatoms. The van der Waals surface area contributed by atoms with E-state index in [0.29, 0.717) is 5.75 Å². The van der Waals surface area contributed by atoms with Gasteiger partial charge >= 0.3 is 170 Å². The Labute approximate surface area is 259 Å². The number of aromatic nitrogens is 7. The predicted octanol–water partition coefficient (Wildman–Crippen LogP) is 7.33. The Morgan fingerprint density at radius 1 is 0.744 bits per heavy atom. The van der Waals surface area contributed by atoms with Crippen LogP contribution in [-0.2, 0) is 31.8 Å². The van der Waals surface area contributed by atoms with E-state index in [-0.39, 0.29) is 5.41 Å². The number of nitrogens with zero attached hydrogens (tertiary/aromatic N) is 7. The summed E-state index contributed by atoms with van der Waals surface area (Å²) in [6.07, 6.45) is 5.52. The maximum atomic E-state index is 6.43. The summed E-state index contributed by atoms with van der Waals surface area (Å²) in [7, 11) is 1.87. The molecule has 0 radical (unpaired) electrons. The number of hydrogen-bond donors (Lipinski definition) is 0. The monoisotopic (exact) mass is 746 g/mol. The van der Waals surface area contributed by atoms with E-state index in [2.05, 4.69) is 103 Å². The van der Waals surface area contributed by atoms with Crippen LogP contribution in [0.2, 0.25) is 0 Å². The molecule has 0 saturated carbocycles. The molecule has 4 aromatic heterocycles. The van der Waals surface area contributed by atoms with E-state index >= 15 is 0 Å².